The summed E-state index contributed by atoms with van der Waals surface area (Å²) >= 11 is 0. The van der Waals surface area contributed by atoms with Crippen molar-refractivity contribution < 1.29 is 18.8 Å². The summed E-state index contributed by atoms with van der Waals surface area (Å²) in [6.07, 6.45) is 0. The van der Waals surface area contributed by atoms with Gasteiger partial charge in [0.15, 0.2) is 5.76 Å². The quantitative estimate of drug-likeness (QED) is 0.539. The summed E-state index contributed by atoms with van der Waals surface area (Å²) in [5.41, 5.74) is 2.17. The second-order valence-corrected chi connectivity index (χ2v) is 4.90. The van der Waals surface area contributed by atoms with Crippen molar-refractivity contribution in [1.82, 2.24) is 5.16 Å². The summed E-state index contributed by atoms with van der Waals surface area (Å²) in [7, 11) is 1.55. The summed E-state index contributed by atoms with van der Waals surface area (Å²) in [6, 6.07) is 16.7. The van der Waals surface area contributed by atoms with Gasteiger partial charge in [0.1, 0.15) is 17.2 Å². The molecule has 0 N–H and O–H groups in total. The Morgan fingerprint density at radius 1 is 1.09 bits per heavy atom. The molecule has 5 nitrogen and oxygen atoms in total. The maximum Gasteiger partial charge on any atom is 0.308 e. The molecule has 5 heteroatoms. The lowest BCUT2D eigenvalue weighted by molar-refractivity contribution is -0.131. The van der Waals surface area contributed by atoms with Crippen molar-refractivity contribution in [2.75, 3.05) is 7.11 Å². The van der Waals surface area contributed by atoms with Crippen LogP contribution in [0.5, 0.6) is 11.5 Å². The van der Waals surface area contributed by atoms with Crippen LogP contribution in [0, 0.1) is 0 Å². The fourth-order valence-corrected chi connectivity index (χ4v) is 2.22. The van der Waals surface area contributed by atoms with Gasteiger partial charge in [0, 0.05) is 30.2 Å². The van der Waals surface area contributed by atoms with Crippen molar-refractivity contribution >= 4 is 5.97 Å². The maximum absolute atomic E-state index is 11.3. The van der Waals surface area contributed by atoms with E-state index in [2.05, 4.69) is 5.16 Å². The third-order valence-corrected chi connectivity index (χ3v) is 3.29. The minimum atomic E-state index is -0.411. The number of methoxy groups -OCH3 is 1. The van der Waals surface area contributed by atoms with E-state index in [1.165, 1.54) is 6.92 Å². The molecule has 2 aromatic carbocycles. The molecule has 0 unspecified atom stereocenters. The van der Waals surface area contributed by atoms with Crippen LogP contribution in [0.2, 0.25) is 0 Å². The van der Waals surface area contributed by atoms with Gasteiger partial charge in [-0.15, -0.1) is 0 Å². The normalized spacial score (nSPS) is 10.3. The number of ether oxygens (including phenoxy) is 2. The van der Waals surface area contributed by atoms with Crippen LogP contribution in [0.15, 0.2) is 59.1 Å². The van der Waals surface area contributed by atoms with Crippen LogP contribution in [0.1, 0.15) is 6.92 Å². The van der Waals surface area contributed by atoms with Gasteiger partial charge in [-0.2, -0.15) is 0 Å². The average Bonchev–Trinajstić information content (AvgIpc) is 3.05. The first-order valence-electron chi connectivity index (χ1n) is 7.06. The van der Waals surface area contributed by atoms with E-state index >= 15 is 0 Å². The third-order valence-electron chi connectivity index (χ3n) is 3.29. The van der Waals surface area contributed by atoms with Crippen LogP contribution in [0.4, 0.5) is 0 Å². The number of hydrogen-bond acceptors (Lipinski definition) is 5. The van der Waals surface area contributed by atoms with E-state index in [4.69, 9.17) is 14.0 Å². The van der Waals surface area contributed by atoms with Crippen LogP contribution in [0.3, 0.4) is 0 Å². The Balaban J connectivity index is 2.01. The van der Waals surface area contributed by atoms with Gasteiger partial charge >= 0.3 is 5.97 Å². The molecule has 0 fully saturated rings. The van der Waals surface area contributed by atoms with Crippen LogP contribution in [-0.2, 0) is 4.79 Å². The molecule has 0 saturated carbocycles. The molecule has 3 aromatic rings. The van der Waals surface area contributed by atoms with Crippen molar-refractivity contribution in [1.29, 1.82) is 0 Å². The zero-order valence-electron chi connectivity index (χ0n) is 12.8. The molecule has 0 bridgehead atoms. The molecule has 0 atom stereocenters. The second kappa shape index (κ2) is 6.36. The number of carbonyl (C=O) groups excluding carboxylic acids is 1. The fourth-order valence-electron chi connectivity index (χ4n) is 2.22. The van der Waals surface area contributed by atoms with Gasteiger partial charge < -0.3 is 14.0 Å². The van der Waals surface area contributed by atoms with Gasteiger partial charge in [-0.25, -0.2) is 0 Å². The Hall–Kier alpha value is -3.08. The molecule has 0 aliphatic heterocycles. The molecule has 23 heavy (non-hydrogen) atoms. The van der Waals surface area contributed by atoms with E-state index < -0.39 is 5.97 Å². The summed E-state index contributed by atoms with van der Waals surface area (Å²) < 4.78 is 15.8. The Morgan fingerprint density at radius 2 is 1.87 bits per heavy atom. The lowest BCUT2D eigenvalue weighted by Gasteiger charge is -2.08. The topological polar surface area (TPSA) is 61.6 Å². The third kappa shape index (κ3) is 3.23. The van der Waals surface area contributed by atoms with Crippen molar-refractivity contribution in [3.8, 4) is 34.1 Å². The summed E-state index contributed by atoms with van der Waals surface area (Å²) in [5, 5.41) is 4.08. The highest BCUT2D eigenvalue weighted by molar-refractivity contribution is 5.77. The largest absolute Gasteiger partial charge is 0.497 e. The van der Waals surface area contributed by atoms with Gasteiger partial charge in [0.25, 0.3) is 0 Å². The first-order valence-corrected chi connectivity index (χ1v) is 7.06. The maximum atomic E-state index is 11.3. The Kier molecular flexibility index (Phi) is 4.10. The lowest BCUT2D eigenvalue weighted by Crippen LogP contribution is -2.03. The fraction of sp³-hybridized carbons (Fsp3) is 0.111. The van der Waals surface area contributed by atoms with Gasteiger partial charge in [-0.3, -0.25) is 4.79 Å². The molecule has 116 valence electrons. The van der Waals surface area contributed by atoms with E-state index in [1.807, 2.05) is 36.4 Å². The Morgan fingerprint density at radius 3 is 2.57 bits per heavy atom. The smallest absolute Gasteiger partial charge is 0.308 e. The van der Waals surface area contributed by atoms with Crippen molar-refractivity contribution in [2.24, 2.45) is 0 Å². The predicted molar refractivity (Wildman–Crippen MR) is 85.2 cm³/mol. The number of nitrogens with zero attached hydrogens (tertiary/aromatic N) is 1. The van der Waals surface area contributed by atoms with Gasteiger partial charge in [-0.1, -0.05) is 35.5 Å². The van der Waals surface area contributed by atoms with Crippen molar-refractivity contribution in [2.45, 2.75) is 6.92 Å². The zero-order valence-corrected chi connectivity index (χ0v) is 12.8. The zero-order chi connectivity index (χ0) is 16.2. The van der Waals surface area contributed by atoms with Gasteiger partial charge in [-0.05, 0) is 12.1 Å². The standard InChI is InChI=1S/C18H15NO4/c1-12(20)22-18-10-14(21-2)8-9-15(18)16-11-17(23-19-16)13-6-4-3-5-7-13/h3-11H,1-2H3. The molecule has 0 saturated heterocycles. The summed E-state index contributed by atoms with van der Waals surface area (Å²) in [4.78, 5) is 11.3. The summed E-state index contributed by atoms with van der Waals surface area (Å²) in [6.45, 7) is 1.35. The molecule has 1 heterocycles. The predicted octanol–water partition coefficient (Wildman–Crippen LogP) is 3.94. The van der Waals surface area contributed by atoms with Gasteiger partial charge in [0.05, 0.1) is 7.11 Å². The van der Waals surface area contributed by atoms with E-state index in [-0.39, 0.29) is 0 Å². The average molecular weight is 309 g/mol. The van der Waals surface area contributed by atoms with Crippen molar-refractivity contribution in [3.63, 3.8) is 0 Å². The first-order chi connectivity index (χ1) is 11.2. The number of benzene rings is 2. The number of hydrogen-bond donors (Lipinski definition) is 0. The highest BCUT2D eigenvalue weighted by Crippen LogP contribution is 2.34. The van der Waals surface area contributed by atoms with Crippen LogP contribution in [0.25, 0.3) is 22.6 Å². The van der Waals surface area contributed by atoms with E-state index in [9.17, 15) is 4.79 Å². The lowest BCUT2D eigenvalue weighted by atomic mass is 10.1. The number of aromatic nitrogens is 1. The highest BCUT2D eigenvalue weighted by atomic mass is 16.5. The Bertz CT molecular complexity index is 824. The molecule has 0 radical (unpaired) electrons. The molecular formula is C18H15NO4. The molecule has 0 aliphatic carbocycles. The van der Waals surface area contributed by atoms with Crippen LogP contribution in [-0.4, -0.2) is 18.2 Å². The van der Waals surface area contributed by atoms with Crippen LogP contribution < -0.4 is 9.47 Å². The molecular weight excluding hydrogens is 294 g/mol. The minimum absolute atomic E-state index is 0.379. The van der Waals surface area contributed by atoms with E-state index in [0.717, 1.165) is 5.56 Å². The highest BCUT2D eigenvalue weighted by Gasteiger charge is 2.15. The SMILES string of the molecule is COc1ccc(-c2cc(-c3ccccc3)on2)c(OC(C)=O)c1. The monoisotopic (exact) mass is 309 g/mol. The van der Waals surface area contributed by atoms with E-state index in [0.29, 0.717) is 28.5 Å². The number of carbonyl (C=O) groups is 1. The van der Waals surface area contributed by atoms with E-state index in [1.54, 1.807) is 25.3 Å². The first kappa shape index (κ1) is 14.8. The molecule has 0 spiro atoms. The molecule has 1 aromatic heterocycles. The summed E-state index contributed by atoms with van der Waals surface area (Å²) in [5.74, 6) is 1.21. The molecule has 0 amide bonds. The molecule has 0 aliphatic rings. The van der Waals surface area contributed by atoms with Gasteiger partial charge in [0.2, 0.25) is 0 Å². The number of rotatable bonds is 4. The minimum Gasteiger partial charge on any atom is -0.497 e. The Labute approximate surface area is 133 Å². The van der Waals surface area contributed by atoms with Crippen LogP contribution >= 0.6 is 0 Å². The molecule has 3 rings (SSSR count). The van der Waals surface area contributed by atoms with Crippen molar-refractivity contribution in [3.05, 3.63) is 54.6 Å². The second-order valence-electron chi connectivity index (χ2n) is 4.90. The number of esters is 1.